The second-order valence-electron chi connectivity index (χ2n) is 9.24. The third-order valence-electron chi connectivity index (χ3n) is 5.66. The minimum absolute atomic E-state index is 0.0216. The monoisotopic (exact) mass is 416 g/mol. The number of rotatable bonds is 5. The van der Waals surface area contributed by atoms with Gasteiger partial charge in [-0.2, -0.15) is 13.2 Å². The van der Waals surface area contributed by atoms with E-state index in [4.69, 9.17) is 9.47 Å². The lowest BCUT2D eigenvalue weighted by Gasteiger charge is -2.38. The zero-order valence-electron chi connectivity index (χ0n) is 17.1. The number of carbonyl (C=O) groups is 1. The van der Waals surface area contributed by atoms with E-state index < -0.39 is 35.6 Å². The molecule has 0 amide bonds. The first-order chi connectivity index (χ1) is 13.4. The molecule has 3 nitrogen and oxygen atoms in total. The van der Waals surface area contributed by atoms with Crippen molar-refractivity contribution in [2.75, 3.05) is 6.61 Å². The SMILES string of the molecule is CC(C)(C)OC(=O)c1ccc(OCC2(C(F)(F)F)CCCCC2)c(C2CC2)c1F. The smallest absolute Gasteiger partial charge is 0.397 e. The molecule has 0 radical (unpaired) electrons. The van der Waals surface area contributed by atoms with Gasteiger partial charge in [0.2, 0.25) is 0 Å². The third-order valence-corrected chi connectivity index (χ3v) is 5.66. The van der Waals surface area contributed by atoms with Gasteiger partial charge in [0.05, 0.1) is 11.0 Å². The average Bonchev–Trinajstić information content (AvgIpc) is 3.43. The highest BCUT2D eigenvalue weighted by Gasteiger charge is 2.55. The molecule has 0 aromatic heterocycles. The minimum atomic E-state index is -4.37. The number of esters is 1. The molecule has 2 aliphatic rings. The van der Waals surface area contributed by atoms with Crippen LogP contribution >= 0.6 is 0 Å². The minimum Gasteiger partial charge on any atom is -0.492 e. The predicted octanol–water partition coefficient (Wildman–Crippen LogP) is 6.55. The van der Waals surface area contributed by atoms with E-state index in [2.05, 4.69) is 0 Å². The third kappa shape index (κ3) is 4.86. The summed E-state index contributed by atoms with van der Waals surface area (Å²) in [5.74, 6) is -1.57. The Bertz CT molecular complexity index is 755. The highest BCUT2D eigenvalue weighted by Crippen LogP contribution is 2.51. The Morgan fingerprint density at radius 2 is 1.72 bits per heavy atom. The quantitative estimate of drug-likeness (QED) is 0.403. The van der Waals surface area contributed by atoms with Crippen LogP contribution in [-0.2, 0) is 4.74 Å². The molecule has 0 heterocycles. The van der Waals surface area contributed by atoms with Crippen molar-refractivity contribution in [3.8, 4) is 5.75 Å². The fourth-order valence-electron chi connectivity index (χ4n) is 3.90. The first-order valence-corrected chi connectivity index (χ1v) is 10.2. The van der Waals surface area contributed by atoms with E-state index in [1.807, 2.05) is 0 Å². The van der Waals surface area contributed by atoms with Gasteiger partial charge in [-0.05, 0) is 64.5 Å². The molecule has 0 atom stereocenters. The lowest BCUT2D eigenvalue weighted by Crippen LogP contribution is -2.44. The standard InChI is InChI=1S/C22H28F4O3/c1-20(2,3)29-19(27)15-9-10-16(17(18(15)23)14-7-8-14)28-13-21(22(24,25)26)11-5-4-6-12-21/h9-10,14H,4-8,11-13H2,1-3H3. The van der Waals surface area contributed by atoms with Crippen LogP contribution in [0.3, 0.4) is 0 Å². The highest BCUT2D eigenvalue weighted by atomic mass is 19.4. The number of alkyl halides is 3. The molecule has 0 aliphatic heterocycles. The molecule has 3 rings (SSSR count). The molecule has 2 fully saturated rings. The summed E-state index contributed by atoms with van der Waals surface area (Å²) in [6, 6.07) is 2.65. The maximum atomic E-state index is 15.1. The number of carbonyl (C=O) groups excluding carboxylic acids is 1. The van der Waals surface area contributed by atoms with Gasteiger partial charge in [0, 0.05) is 5.56 Å². The van der Waals surface area contributed by atoms with Crippen molar-refractivity contribution in [3.63, 3.8) is 0 Å². The molecule has 1 aromatic carbocycles. The van der Waals surface area contributed by atoms with Crippen LogP contribution in [0.25, 0.3) is 0 Å². The fourth-order valence-corrected chi connectivity index (χ4v) is 3.90. The van der Waals surface area contributed by atoms with Gasteiger partial charge in [0.15, 0.2) is 0 Å². The van der Waals surface area contributed by atoms with E-state index in [9.17, 15) is 18.0 Å². The molecule has 0 N–H and O–H groups in total. The lowest BCUT2D eigenvalue weighted by molar-refractivity contribution is -0.243. The molecule has 0 unspecified atom stereocenters. The average molecular weight is 416 g/mol. The molecule has 2 saturated carbocycles. The van der Waals surface area contributed by atoms with Crippen LogP contribution in [0.4, 0.5) is 17.6 Å². The fraction of sp³-hybridized carbons (Fsp3) is 0.682. The van der Waals surface area contributed by atoms with Crippen molar-refractivity contribution in [1.82, 2.24) is 0 Å². The summed E-state index contributed by atoms with van der Waals surface area (Å²) in [6.45, 7) is 4.52. The Morgan fingerprint density at radius 3 is 2.24 bits per heavy atom. The van der Waals surface area contributed by atoms with E-state index in [-0.39, 0.29) is 35.6 Å². The molecule has 7 heteroatoms. The Morgan fingerprint density at radius 1 is 1.10 bits per heavy atom. The highest BCUT2D eigenvalue weighted by molar-refractivity contribution is 5.90. The number of ether oxygens (including phenoxy) is 2. The second kappa shape index (κ2) is 7.80. The lowest BCUT2D eigenvalue weighted by atomic mass is 9.74. The number of hydrogen-bond donors (Lipinski definition) is 0. The van der Waals surface area contributed by atoms with Crippen LogP contribution < -0.4 is 4.74 Å². The molecular formula is C22H28F4O3. The number of halogens is 4. The van der Waals surface area contributed by atoms with E-state index >= 15 is 4.39 Å². The molecule has 0 saturated heterocycles. The van der Waals surface area contributed by atoms with Crippen LogP contribution in [0.5, 0.6) is 5.75 Å². The van der Waals surface area contributed by atoms with Gasteiger partial charge < -0.3 is 9.47 Å². The van der Waals surface area contributed by atoms with Crippen molar-refractivity contribution in [1.29, 1.82) is 0 Å². The molecule has 2 aliphatic carbocycles. The van der Waals surface area contributed by atoms with Gasteiger partial charge >= 0.3 is 12.1 Å². The van der Waals surface area contributed by atoms with E-state index in [0.717, 1.165) is 19.3 Å². The molecule has 1 aromatic rings. The topological polar surface area (TPSA) is 35.5 Å². The van der Waals surface area contributed by atoms with Crippen LogP contribution in [0.15, 0.2) is 12.1 Å². The van der Waals surface area contributed by atoms with Gasteiger partial charge in [0.1, 0.15) is 23.8 Å². The van der Waals surface area contributed by atoms with Crippen LogP contribution in [-0.4, -0.2) is 24.4 Å². The van der Waals surface area contributed by atoms with Crippen LogP contribution in [0.2, 0.25) is 0 Å². The zero-order chi connectivity index (χ0) is 21.4. The first kappa shape index (κ1) is 21.9. The van der Waals surface area contributed by atoms with Crippen molar-refractivity contribution >= 4 is 5.97 Å². The predicted molar refractivity (Wildman–Crippen MR) is 101 cm³/mol. The Kier molecular flexibility index (Phi) is 5.89. The largest absolute Gasteiger partial charge is 0.492 e. The Labute approximate surface area is 168 Å². The summed E-state index contributed by atoms with van der Waals surface area (Å²) >= 11 is 0. The second-order valence-corrected chi connectivity index (χ2v) is 9.24. The van der Waals surface area contributed by atoms with E-state index in [1.54, 1.807) is 20.8 Å². The maximum Gasteiger partial charge on any atom is 0.397 e. The van der Waals surface area contributed by atoms with Crippen molar-refractivity contribution in [3.05, 3.63) is 29.1 Å². The summed E-state index contributed by atoms with van der Waals surface area (Å²) in [5, 5.41) is 0. The Hall–Kier alpha value is -1.79. The maximum absolute atomic E-state index is 15.1. The molecular weight excluding hydrogens is 388 g/mol. The van der Waals surface area contributed by atoms with Crippen molar-refractivity contribution in [2.45, 2.75) is 83.4 Å². The van der Waals surface area contributed by atoms with E-state index in [0.29, 0.717) is 12.8 Å². The first-order valence-electron chi connectivity index (χ1n) is 10.2. The van der Waals surface area contributed by atoms with Gasteiger partial charge in [-0.15, -0.1) is 0 Å². The summed E-state index contributed by atoms with van der Waals surface area (Å²) in [5.41, 5.74) is -2.69. The summed E-state index contributed by atoms with van der Waals surface area (Å²) in [6.07, 6.45) is -1.10. The van der Waals surface area contributed by atoms with Gasteiger partial charge in [-0.25, -0.2) is 9.18 Å². The summed E-state index contributed by atoms with van der Waals surface area (Å²) in [4.78, 5) is 12.3. The van der Waals surface area contributed by atoms with Crippen molar-refractivity contribution in [2.24, 2.45) is 5.41 Å². The molecule has 29 heavy (non-hydrogen) atoms. The Balaban J connectivity index is 1.86. The molecule has 0 spiro atoms. The van der Waals surface area contributed by atoms with Crippen molar-refractivity contribution < 1.29 is 31.8 Å². The van der Waals surface area contributed by atoms with Gasteiger partial charge in [0.25, 0.3) is 0 Å². The van der Waals surface area contributed by atoms with Gasteiger partial charge in [-0.3, -0.25) is 0 Å². The zero-order valence-corrected chi connectivity index (χ0v) is 17.1. The van der Waals surface area contributed by atoms with Gasteiger partial charge in [-0.1, -0.05) is 19.3 Å². The van der Waals surface area contributed by atoms with Crippen LogP contribution in [0, 0.1) is 11.2 Å². The summed E-state index contributed by atoms with van der Waals surface area (Å²) in [7, 11) is 0. The number of hydrogen-bond acceptors (Lipinski definition) is 3. The number of benzene rings is 1. The molecule has 0 bridgehead atoms. The van der Waals surface area contributed by atoms with Crippen LogP contribution in [0.1, 0.15) is 87.6 Å². The summed E-state index contributed by atoms with van der Waals surface area (Å²) < 4.78 is 67.3. The van der Waals surface area contributed by atoms with E-state index in [1.165, 1.54) is 12.1 Å². The molecule has 162 valence electrons. The normalized spacial score (nSPS) is 19.7.